The molecule has 0 aromatic heterocycles. The van der Waals surface area contributed by atoms with Crippen LogP contribution in [0.25, 0.3) is 11.1 Å². The summed E-state index contributed by atoms with van der Waals surface area (Å²) in [5.41, 5.74) is 2.30. The second-order valence-electron chi connectivity index (χ2n) is 6.81. The molecule has 2 unspecified atom stereocenters. The quantitative estimate of drug-likeness (QED) is 0.616. The van der Waals surface area contributed by atoms with Crippen molar-refractivity contribution in [1.29, 1.82) is 0 Å². The van der Waals surface area contributed by atoms with Crippen LogP contribution in [0, 0.1) is 5.92 Å². The zero-order valence-electron chi connectivity index (χ0n) is 16.2. The number of unbranched alkanes of at least 4 members (excludes halogenated alkanes) is 1. The molecule has 2 rings (SSSR count). The third kappa shape index (κ3) is 6.21. The van der Waals surface area contributed by atoms with E-state index in [0.29, 0.717) is 11.7 Å². The first kappa shape index (κ1) is 20.0. The Hall–Kier alpha value is -2.29. The minimum absolute atomic E-state index is 0.0490. The van der Waals surface area contributed by atoms with Gasteiger partial charge in [0.1, 0.15) is 5.75 Å². The highest BCUT2D eigenvalue weighted by molar-refractivity contribution is 5.80. The van der Waals surface area contributed by atoms with Crippen LogP contribution in [0.4, 0.5) is 0 Å². The molecule has 0 saturated carbocycles. The Kier molecular flexibility index (Phi) is 8.20. The van der Waals surface area contributed by atoms with E-state index in [1.165, 1.54) is 24.8 Å². The van der Waals surface area contributed by atoms with Crippen molar-refractivity contribution in [3.05, 3.63) is 54.6 Å². The molecule has 2 aromatic carbocycles. The summed E-state index contributed by atoms with van der Waals surface area (Å²) in [6.45, 7) is 6.91. The number of rotatable bonds is 10. The molecule has 2 aromatic rings. The Morgan fingerprint density at radius 2 is 1.65 bits per heavy atom. The zero-order chi connectivity index (χ0) is 18.8. The van der Waals surface area contributed by atoms with E-state index in [0.717, 1.165) is 18.5 Å². The number of carbonyl (C=O) groups is 1. The molecule has 2 atom stereocenters. The fourth-order valence-electron chi connectivity index (χ4n) is 2.95. The third-order valence-electron chi connectivity index (χ3n) is 4.75. The molecular formula is C23H31NO2. The first-order valence-corrected chi connectivity index (χ1v) is 9.73. The van der Waals surface area contributed by atoms with Crippen LogP contribution in [0.1, 0.15) is 46.5 Å². The minimum Gasteiger partial charge on any atom is -0.481 e. The molecule has 0 fully saturated rings. The van der Waals surface area contributed by atoms with E-state index in [1.807, 2.05) is 42.5 Å². The van der Waals surface area contributed by atoms with E-state index >= 15 is 0 Å². The SMILES string of the molecule is CCCCC(CC)CNC(=O)C(C)Oc1ccc(-c2ccccc2)cc1. The standard InChI is InChI=1S/C23H31NO2/c1-4-6-10-19(5-2)17-24-23(25)18(3)26-22-15-13-21(14-16-22)20-11-8-7-9-12-20/h7-9,11-16,18-19H,4-6,10,17H2,1-3H3,(H,24,25). The van der Waals surface area contributed by atoms with E-state index in [9.17, 15) is 4.79 Å². The molecule has 3 nitrogen and oxygen atoms in total. The molecule has 0 radical (unpaired) electrons. The average Bonchev–Trinajstić information content (AvgIpc) is 2.69. The monoisotopic (exact) mass is 353 g/mol. The van der Waals surface area contributed by atoms with Gasteiger partial charge in [-0.2, -0.15) is 0 Å². The van der Waals surface area contributed by atoms with Crippen LogP contribution < -0.4 is 10.1 Å². The van der Waals surface area contributed by atoms with Crippen molar-refractivity contribution in [2.24, 2.45) is 5.92 Å². The van der Waals surface area contributed by atoms with Gasteiger partial charge in [0.05, 0.1) is 0 Å². The highest BCUT2D eigenvalue weighted by atomic mass is 16.5. The van der Waals surface area contributed by atoms with Gasteiger partial charge in [-0.1, -0.05) is 75.6 Å². The maximum Gasteiger partial charge on any atom is 0.260 e. The molecule has 0 aliphatic carbocycles. The van der Waals surface area contributed by atoms with Gasteiger partial charge in [-0.25, -0.2) is 0 Å². The van der Waals surface area contributed by atoms with Crippen molar-refractivity contribution >= 4 is 5.91 Å². The highest BCUT2D eigenvalue weighted by Gasteiger charge is 2.16. The highest BCUT2D eigenvalue weighted by Crippen LogP contribution is 2.22. The van der Waals surface area contributed by atoms with Gasteiger partial charge in [0.25, 0.3) is 5.91 Å². The van der Waals surface area contributed by atoms with Gasteiger partial charge in [0, 0.05) is 6.54 Å². The van der Waals surface area contributed by atoms with Gasteiger partial charge in [-0.3, -0.25) is 4.79 Å². The van der Waals surface area contributed by atoms with Crippen LogP contribution in [-0.2, 0) is 4.79 Å². The van der Waals surface area contributed by atoms with E-state index in [4.69, 9.17) is 4.74 Å². The maximum absolute atomic E-state index is 12.3. The molecule has 0 spiro atoms. The maximum atomic E-state index is 12.3. The Morgan fingerprint density at radius 3 is 2.27 bits per heavy atom. The van der Waals surface area contributed by atoms with E-state index in [2.05, 4.69) is 31.3 Å². The van der Waals surface area contributed by atoms with Gasteiger partial charge in [0.2, 0.25) is 0 Å². The summed E-state index contributed by atoms with van der Waals surface area (Å²) in [5.74, 6) is 1.22. The van der Waals surface area contributed by atoms with Crippen molar-refractivity contribution in [3.8, 4) is 16.9 Å². The fraction of sp³-hybridized carbons (Fsp3) is 0.435. The molecule has 0 heterocycles. The van der Waals surface area contributed by atoms with Crippen molar-refractivity contribution in [3.63, 3.8) is 0 Å². The third-order valence-corrected chi connectivity index (χ3v) is 4.75. The number of nitrogens with one attached hydrogen (secondary N) is 1. The van der Waals surface area contributed by atoms with E-state index in [-0.39, 0.29) is 5.91 Å². The first-order chi connectivity index (χ1) is 12.6. The van der Waals surface area contributed by atoms with Gasteiger partial charge < -0.3 is 10.1 Å². The molecule has 0 bridgehead atoms. The number of benzene rings is 2. The first-order valence-electron chi connectivity index (χ1n) is 9.73. The number of ether oxygens (including phenoxy) is 1. The molecular weight excluding hydrogens is 322 g/mol. The lowest BCUT2D eigenvalue weighted by Gasteiger charge is -2.18. The lowest BCUT2D eigenvalue weighted by molar-refractivity contribution is -0.127. The minimum atomic E-state index is -0.499. The molecule has 0 aliphatic rings. The lowest BCUT2D eigenvalue weighted by atomic mass is 9.99. The van der Waals surface area contributed by atoms with Gasteiger partial charge >= 0.3 is 0 Å². The van der Waals surface area contributed by atoms with Crippen LogP contribution in [0.2, 0.25) is 0 Å². The summed E-state index contributed by atoms with van der Waals surface area (Å²) in [7, 11) is 0. The number of carbonyl (C=O) groups excluding carboxylic acids is 1. The molecule has 3 heteroatoms. The molecule has 1 N–H and O–H groups in total. The smallest absolute Gasteiger partial charge is 0.260 e. The van der Waals surface area contributed by atoms with Gasteiger partial charge in [-0.15, -0.1) is 0 Å². The molecule has 0 saturated heterocycles. The second kappa shape index (κ2) is 10.6. The van der Waals surface area contributed by atoms with Crippen molar-refractivity contribution < 1.29 is 9.53 Å². The number of hydrogen-bond acceptors (Lipinski definition) is 2. The van der Waals surface area contributed by atoms with Crippen LogP contribution in [0.15, 0.2) is 54.6 Å². The average molecular weight is 354 g/mol. The summed E-state index contributed by atoms with van der Waals surface area (Å²) >= 11 is 0. The molecule has 0 aliphatic heterocycles. The molecule has 140 valence electrons. The van der Waals surface area contributed by atoms with Gasteiger partial charge in [-0.05, 0) is 42.5 Å². The predicted octanol–water partition coefficient (Wildman–Crippen LogP) is 5.45. The van der Waals surface area contributed by atoms with Crippen LogP contribution in [-0.4, -0.2) is 18.6 Å². The Balaban J connectivity index is 1.84. The number of amides is 1. The fourth-order valence-corrected chi connectivity index (χ4v) is 2.95. The topological polar surface area (TPSA) is 38.3 Å². The Morgan fingerprint density at radius 1 is 1.00 bits per heavy atom. The lowest BCUT2D eigenvalue weighted by Crippen LogP contribution is -2.38. The van der Waals surface area contributed by atoms with Crippen LogP contribution in [0.5, 0.6) is 5.75 Å². The Labute approximate surface area is 157 Å². The van der Waals surface area contributed by atoms with Crippen LogP contribution >= 0.6 is 0 Å². The normalized spacial score (nSPS) is 13.0. The number of hydrogen-bond donors (Lipinski definition) is 1. The summed E-state index contributed by atoms with van der Waals surface area (Å²) < 4.78 is 5.80. The Bertz CT molecular complexity index is 652. The van der Waals surface area contributed by atoms with E-state index < -0.39 is 6.10 Å². The van der Waals surface area contributed by atoms with Crippen molar-refractivity contribution in [2.45, 2.75) is 52.6 Å². The zero-order valence-corrected chi connectivity index (χ0v) is 16.2. The summed E-state index contributed by atoms with van der Waals surface area (Å²) in [5, 5.41) is 3.04. The predicted molar refractivity (Wildman–Crippen MR) is 108 cm³/mol. The largest absolute Gasteiger partial charge is 0.481 e. The molecule has 1 amide bonds. The van der Waals surface area contributed by atoms with Crippen molar-refractivity contribution in [1.82, 2.24) is 5.32 Å². The summed E-state index contributed by atoms with van der Waals surface area (Å²) in [4.78, 5) is 12.3. The van der Waals surface area contributed by atoms with E-state index in [1.54, 1.807) is 6.92 Å². The summed E-state index contributed by atoms with van der Waals surface area (Å²) in [6.07, 6.45) is 4.18. The van der Waals surface area contributed by atoms with Crippen LogP contribution in [0.3, 0.4) is 0 Å². The van der Waals surface area contributed by atoms with Gasteiger partial charge in [0.15, 0.2) is 6.10 Å². The van der Waals surface area contributed by atoms with Crippen molar-refractivity contribution in [2.75, 3.05) is 6.54 Å². The second-order valence-corrected chi connectivity index (χ2v) is 6.81. The molecule has 26 heavy (non-hydrogen) atoms. The summed E-state index contributed by atoms with van der Waals surface area (Å²) in [6, 6.07) is 18.1.